The number of aromatic amines is 1. The van der Waals surface area contributed by atoms with Gasteiger partial charge in [0.1, 0.15) is 96.1 Å². The number of unbranched alkanes of at least 4 members (excludes halogenated alkanes) is 1. The van der Waals surface area contributed by atoms with Crippen LogP contribution in [0.15, 0.2) is 61.1 Å². The number of primary amides is 2. The number of phenols is 2. The summed E-state index contributed by atoms with van der Waals surface area (Å²) in [7, 11) is 0. The van der Waals surface area contributed by atoms with Gasteiger partial charge in [-0.3, -0.25) is 86.3 Å². The maximum atomic E-state index is 14.6. The van der Waals surface area contributed by atoms with E-state index < -0.39 is 280 Å². The molecule has 1 aliphatic rings. The molecule has 49 nitrogen and oxygen atoms in total. The average molecular weight is 1800 g/mol. The van der Waals surface area contributed by atoms with Gasteiger partial charge in [0.05, 0.1) is 70.0 Å². The number of phenolic OH excluding ortho intramolecular Hbond substituents is 2. The molecule has 1 fully saturated rings. The molecule has 702 valence electrons. The van der Waals surface area contributed by atoms with Crippen molar-refractivity contribution in [2.45, 2.75) is 221 Å². The molecule has 17 amide bonds. The van der Waals surface area contributed by atoms with Crippen LogP contribution >= 0.6 is 0 Å². The number of nitrogens with two attached hydrogens (primary N) is 4. The number of carboxylic acid groups (broad SMARTS) is 2. The number of amides is 17. The van der Waals surface area contributed by atoms with E-state index >= 15 is 0 Å². The number of carbonyl (C=O) groups is 19. The summed E-state index contributed by atoms with van der Waals surface area (Å²) in [5.41, 5.74) is 23.4. The van der Waals surface area contributed by atoms with E-state index in [1.165, 1.54) is 61.1 Å². The van der Waals surface area contributed by atoms with Crippen molar-refractivity contribution < 1.29 is 137 Å². The van der Waals surface area contributed by atoms with Crippen LogP contribution in [-0.2, 0) is 110 Å². The van der Waals surface area contributed by atoms with E-state index in [1.807, 2.05) is 0 Å². The summed E-state index contributed by atoms with van der Waals surface area (Å²) in [5.74, 6) is -23.9. The fraction of sp³-hybridized carbons (Fsp3) is 0.564. The number of aliphatic hydroxyl groups excluding tert-OH is 5. The fourth-order valence-electron chi connectivity index (χ4n) is 12.8. The fourth-order valence-corrected chi connectivity index (χ4v) is 12.8. The van der Waals surface area contributed by atoms with Gasteiger partial charge in [0.2, 0.25) is 100 Å². The van der Waals surface area contributed by atoms with Gasteiger partial charge < -0.3 is 153 Å². The van der Waals surface area contributed by atoms with Crippen molar-refractivity contribution in [1.82, 2.24) is 89.3 Å². The van der Waals surface area contributed by atoms with Crippen LogP contribution < -0.4 is 97.4 Å². The molecule has 2 aromatic carbocycles. The van der Waals surface area contributed by atoms with Gasteiger partial charge in [-0.25, -0.2) is 9.78 Å². The molecule has 1 aliphatic heterocycles. The van der Waals surface area contributed by atoms with Gasteiger partial charge in [-0.2, -0.15) is 0 Å². The number of likely N-dealkylation sites (tertiary alicyclic amines) is 1. The van der Waals surface area contributed by atoms with Gasteiger partial charge in [-0.05, 0) is 106 Å². The first-order valence-electron chi connectivity index (χ1n) is 40.6. The number of aromatic hydroxyl groups is 2. The van der Waals surface area contributed by atoms with E-state index in [0.717, 1.165) is 11.8 Å². The highest BCUT2D eigenvalue weighted by Gasteiger charge is 2.43. The lowest BCUT2D eigenvalue weighted by atomic mass is 9.96. The summed E-state index contributed by atoms with van der Waals surface area (Å²) >= 11 is 0. The van der Waals surface area contributed by atoms with Gasteiger partial charge in [-0.1, -0.05) is 58.4 Å². The van der Waals surface area contributed by atoms with E-state index in [4.69, 9.17) is 28.0 Å². The highest BCUT2D eigenvalue weighted by Crippen LogP contribution is 2.22. The minimum atomic E-state index is -2.15. The van der Waals surface area contributed by atoms with Crippen LogP contribution in [0.2, 0.25) is 0 Å². The summed E-state index contributed by atoms with van der Waals surface area (Å²) < 4.78 is 0. The Hall–Kier alpha value is -13.1. The van der Waals surface area contributed by atoms with Crippen molar-refractivity contribution in [1.29, 1.82) is 0 Å². The quantitative estimate of drug-likeness (QED) is 0.0233. The molecule has 49 heteroatoms. The van der Waals surface area contributed by atoms with E-state index in [2.05, 4.69) is 84.4 Å². The van der Waals surface area contributed by atoms with E-state index in [-0.39, 0.29) is 86.7 Å². The first kappa shape index (κ1) is 106. The number of nitrogens with one attached hydrogen (secondary N) is 15. The Morgan fingerprint density at radius 3 is 1.43 bits per heavy atom. The molecular weight excluding hydrogens is 1680 g/mol. The molecule has 0 bridgehead atoms. The standard InChI is InChI=1S/C78H117N21O28/c1-6-38(4)62(97-64(112)45(80)20-21-61(110)111)75(123)91-49(26-41-14-18-44(106)19-15-41)68(116)90-50(27-42-30-83-36-85-42)70(118)94-53(32-100)65(113)84-31-60(109)86-54(33-101)73(121)98-63(39(5)104)76(124)92-51(28-58(81)107)71(119)89-48(25-40-12-16-43(105)17-13-40)69(117)93-52(29-59(82)108)77(125)99-23-9-11-57(99)74(122)95-55(34-102)72(120)88-47(24-37(2)3)67(115)87-46(10-7-8-22-79)66(114)96-56(35-103)78(126)127/h12-19,30,36-39,45-57,62-63,100-106H,6-11,20-29,31-35,79-80H2,1-5H3,(H2,81,107)(H2,82,108)(H,83,85)(H,84,113)(H,86,109)(H,87,115)(H,88,120)(H,89,119)(H,90,116)(H,91,123)(H,92,124)(H,93,117)(H,94,118)(H,95,122)(H,96,114)(H,97,112)(H,98,121)(H,110,111)(H,126,127)/t38-,39+,45-,46-,47-,48-,49-,50-,51-,52-,53-,54-,55-,56-,57-,62-,63-/m0/s1. The van der Waals surface area contributed by atoms with E-state index in [9.17, 15) is 132 Å². The maximum Gasteiger partial charge on any atom is 0.328 e. The number of rotatable bonds is 56. The molecule has 17 atom stereocenters. The molecule has 1 saturated heterocycles. The van der Waals surface area contributed by atoms with Gasteiger partial charge in [-0.15, -0.1) is 0 Å². The van der Waals surface area contributed by atoms with E-state index in [0.29, 0.717) is 18.4 Å². The third kappa shape index (κ3) is 35.8. The zero-order valence-corrected chi connectivity index (χ0v) is 70.5. The Morgan fingerprint density at radius 2 is 0.929 bits per heavy atom. The highest BCUT2D eigenvalue weighted by atomic mass is 16.4. The SMILES string of the molecule is CC[C@H](C)[C@H](NC(=O)[C@@H](N)CCC(=O)O)C(=O)N[C@@H](Cc1ccc(O)cc1)C(=O)N[C@@H](Cc1c[nH]cn1)C(=O)N[C@@H](CO)C(=O)NCC(=O)N[C@@H](CO)C(=O)N[C@H](C(=O)N[C@@H](CC(N)=O)C(=O)N[C@@H](Cc1ccc(O)cc1)C(=O)N[C@@H](CC(N)=O)C(=O)N1CCC[C@H]1C(=O)N[C@@H](CO)C(=O)N[C@@H](CC(C)C)C(=O)N[C@@H](CCCCN)C(=O)N[C@@H](CO)C(=O)O)[C@@H](C)O. The molecule has 0 saturated carbocycles. The summed E-state index contributed by atoms with van der Waals surface area (Å²) in [6.45, 7) is 1.98. The predicted octanol–water partition coefficient (Wildman–Crippen LogP) is -11.1. The van der Waals surface area contributed by atoms with Crippen molar-refractivity contribution >= 4 is 112 Å². The second-order valence-corrected chi connectivity index (χ2v) is 30.6. The summed E-state index contributed by atoms with van der Waals surface area (Å²) in [5, 5.41) is 122. The normalized spacial score (nSPS) is 16.1. The molecule has 2 heterocycles. The minimum Gasteiger partial charge on any atom is -0.508 e. The van der Waals surface area contributed by atoms with Crippen molar-refractivity contribution in [3.8, 4) is 11.5 Å². The first-order valence-corrected chi connectivity index (χ1v) is 40.6. The highest BCUT2D eigenvalue weighted by molar-refractivity contribution is 6.02. The molecule has 0 aliphatic carbocycles. The second-order valence-electron chi connectivity index (χ2n) is 30.6. The number of nitrogens with zero attached hydrogens (tertiary/aromatic N) is 2. The molecule has 1 aromatic heterocycles. The van der Waals surface area contributed by atoms with Crippen LogP contribution in [0.25, 0.3) is 0 Å². The number of aromatic nitrogens is 2. The van der Waals surface area contributed by atoms with Crippen molar-refractivity contribution in [2.24, 2.45) is 34.8 Å². The Bertz CT molecular complexity index is 4280. The van der Waals surface area contributed by atoms with Gasteiger partial charge in [0.15, 0.2) is 0 Å². The number of carboxylic acids is 2. The summed E-state index contributed by atoms with van der Waals surface area (Å²) in [4.78, 5) is 265. The monoisotopic (exact) mass is 1800 g/mol. The van der Waals surface area contributed by atoms with Gasteiger partial charge in [0.25, 0.3) is 0 Å². The number of benzene rings is 2. The lowest BCUT2D eigenvalue weighted by molar-refractivity contribution is -0.144. The van der Waals surface area contributed by atoms with Crippen molar-refractivity contribution in [3.63, 3.8) is 0 Å². The second kappa shape index (κ2) is 53.3. The van der Waals surface area contributed by atoms with Gasteiger partial charge in [0, 0.05) is 38.4 Å². The van der Waals surface area contributed by atoms with Crippen molar-refractivity contribution in [3.05, 3.63) is 77.9 Å². The molecule has 3 aromatic rings. The smallest absolute Gasteiger partial charge is 0.328 e. The lowest BCUT2D eigenvalue weighted by Crippen LogP contribution is -2.62. The van der Waals surface area contributed by atoms with Crippen LogP contribution in [0.3, 0.4) is 0 Å². The number of aliphatic hydroxyl groups is 5. The zero-order chi connectivity index (χ0) is 95.1. The largest absolute Gasteiger partial charge is 0.508 e. The number of carbonyl (C=O) groups excluding carboxylic acids is 17. The van der Waals surface area contributed by atoms with Crippen LogP contribution in [0.1, 0.15) is 122 Å². The maximum absolute atomic E-state index is 14.6. The Morgan fingerprint density at radius 1 is 0.496 bits per heavy atom. The molecule has 0 spiro atoms. The first-order chi connectivity index (χ1) is 60.0. The number of aliphatic carboxylic acids is 2. The third-order valence-electron chi connectivity index (χ3n) is 20.0. The Kier molecular flexibility index (Phi) is 44.6. The lowest BCUT2D eigenvalue weighted by Gasteiger charge is -2.31. The van der Waals surface area contributed by atoms with E-state index in [1.54, 1.807) is 27.7 Å². The van der Waals surface area contributed by atoms with Crippen LogP contribution in [0.5, 0.6) is 11.5 Å². The average Bonchev–Trinajstić information content (AvgIpc) is 1.75. The topological polar surface area (TPSA) is 811 Å². The van der Waals surface area contributed by atoms with Crippen molar-refractivity contribution in [2.75, 3.05) is 46.1 Å². The number of imidazole rings is 1. The number of hydrogen-bond donors (Lipinski definition) is 28. The third-order valence-corrected chi connectivity index (χ3v) is 20.0. The van der Waals surface area contributed by atoms with Gasteiger partial charge >= 0.3 is 11.9 Å². The number of H-pyrrole nitrogens is 1. The minimum absolute atomic E-state index is 0.0558. The number of hydrogen-bond acceptors (Lipinski definition) is 29. The molecule has 4 rings (SSSR count). The Balaban J connectivity index is 1.50. The molecule has 0 unspecified atom stereocenters. The zero-order valence-electron chi connectivity index (χ0n) is 70.5. The molecule has 0 radical (unpaired) electrons. The summed E-state index contributed by atoms with van der Waals surface area (Å²) in [6, 6.07) is -15.5. The molecule has 32 N–H and O–H groups in total. The Labute approximate surface area is 727 Å². The predicted molar refractivity (Wildman–Crippen MR) is 441 cm³/mol. The van der Waals surface area contributed by atoms with Crippen LogP contribution in [-0.4, -0.2) is 316 Å². The summed E-state index contributed by atoms with van der Waals surface area (Å²) in [6.07, 6.45) is -2.65. The van der Waals surface area contributed by atoms with Crippen LogP contribution in [0.4, 0.5) is 0 Å². The molecule has 127 heavy (non-hydrogen) atoms. The van der Waals surface area contributed by atoms with Crippen LogP contribution in [0, 0.1) is 11.8 Å². The molecular formula is C78H117N21O28.